The summed E-state index contributed by atoms with van der Waals surface area (Å²) in [6.45, 7) is 2.92. The zero-order valence-electron chi connectivity index (χ0n) is 14.5. The molecule has 0 saturated carbocycles. The van der Waals surface area contributed by atoms with Crippen molar-refractivity contribution in [1.29, 1.82) is 0 Å². The van der Waals surface area contributed by atoms with Crippen LogP contribution >= 0.6 is 11.6 Å². The molecule has 25 heavy (non-hydrogen) atoms. The first kappa shape index (κ1) is 18.5. The monoisotopic (exact) mass is 382 g/mol. The molecule has 0 radical (unpaired) electrons. The third-order valence-electron chi connectivity index (χ3n) is 4.66. The lowest BCUT2D eigenvalue weighted by molar-refractivity contribution is 0.285. The highest BCUT2D eigenvalue weighted by molar-refractivity contribution is 7.88. The fourth-order valence-electron chi connectivity index (χ4n) is 3.19. The third kappa shape index (κ3) is 4.64. The van der Waals surface area contributed by atoms with Gasteiger partial charge in [0, 0.05) is 18.6 Å². The minimum Gasteiger partial charge on any atom is -0.463 e. The standard InChI is InChI=1S/C18H23ClN2O3S/c1-20(25(2,22)23)12-15-7-8-16(24-15)13-21-10-9-14(11-21)17-5-3-4-6-18(17)19/h3-8,14H,9-13H2,1-2H3. The molecule has 2 aromatic rings. The Morgan fingerprint density at radius 2 is 1.96 bits per heavy atom. The average molecular weight is 383 g/mol. The van der Waals surface area contributed by atoms with Crippen LogP contribution in [0, 0.1) is 0 Å². The van der Waals surface area contributed by atoms with Crippen molar-refractivity contribution in [2.24, 2.45) is 0 Å². The van der Waals surface area contributed by atoms with Crippen LogP contribution in [0.4, 0.5) is 0 Å². The van der Waals surface area contributed by atoms with E-state index in [2.05, 4.69) is 11.0 Å². The van der Waals surface area contributed by atoms with E-state index in [1.54, 1.807) is 7.05 Å². The highest BCUT2D eigenvalue weighted by Gasteiger charge is 2.26. The Hall–Kier alpha value is -1.34. The number of furan rings is 1. The molecule has 1 aliphatic heterocycles. The van der Waals surface area contributed by atoms with E-state index in [0.717, 1.165) is 36.8 Å². The summed E-state index contributed by atoms with van der Waals surface area (Å²) < 4.78 is 30.0. The summed E-state index contributed by atoms with van der Waals surface area (Å²) in [4.78, 5) is 2.34. The van der Waals surface area contributed by atoms with Crippen molar-refractivity contribution >= 4 is 21.6 Å². The molecule has 1 atom stereocenters. The van der Waals surface area contributed by atoms with Gasteiger partial charge in [-0.3, -0.25) is 4.90 Å². The summed E-state index contributed by atoms with van der Waals surface area (Å²) in [5, 5.41) is 0.832. The number of likely N-dealkylation sites (tertiary alicyclic amines) is 1. The van der Waals surface area contributed by atoms with Crippen LogP contribution in [0.2, 0.25) is 5.02 Å². The molecular weight excluding hydrogens is 360 g/mol. The van der Waals surface area contributed by atoms with Crippen molar-refractivity contribution in [2.45, 2.75) is 25.4 Å². The van der Waals surface area contributed by atoms with Crippen molar-refractivity contribution in [2.75, 3.05) is 26.4 Å². The van der Waals surface area contributed by atoms with Gasteiger partial charge in [-0.05, 0) is 42.6 Å². The van der Waals surface area contributed by atoms with Crippen molar-refractivity contribution in [3.8, 4) is 0 Å². The minimum absolute atomic E-state index is 0.251. The van der Waals surface area contributed by atoms with Crippen LogP contribution in [0.25, 0.3) is 0 Å². The number of rotatable bonds is 6. The highest BCUT2D eigenvalue weighted by atomic mass is 35.5. The highest BCUT2D eigenvalue weighted by Crippen LogP contribution is 2.32. The second kappa shape index (κ2) is 7.50. The van der Waals surface area contributed by atoms with E-state index in [9.17, 15) is 8.42 Å². The average Bonchev–Trinajstić information content (AvgIpc) is 3.17. The summed E-state index contributed by atoms with van der Waals surface area (Å²) in [5.74, 6) is 1.96. The zero-order chi connectivity index (χ0) is 18.0. The summed E-state index contributed by atoms with van der Waals surface area (Å²) >= 11 is 6.31. The van der Waals surface area contributed by atoms with Crippen molar-refractivity contribution in [3.63, 3.8) is 0 Å². The van der Waals surface area contributed by atoms with Crippen LogP contribution in [0.3, 0.4) is 0 Å². The van der Waals surface area contributed by atoms with Gasteiger partial charge in [-0.2, -0.15) is 4.31 Å². The second-order valence-electron chi connectivity index (χ2n) is 6.63. The van der Waals surface area contributed by atoms with Gasteiger partial charge in [0.1, 0.15) is 11.5 Å². The van der Waals surface area contributed by atoms with Gasteiger partial charge in [-0.25, -0.2) is 8.42 Å². The molecule has 3 rings (SSSR count). The SMILES string of the molecule is CN(Cc1ccc(CN2CCC(c3ccccc3Cl)C2)o1)S(C)(=O)=O. The predicted molar refractivity (Wildman–Crippen MR) is 99.1 cm³/mol. The number of halogens is 1. The lowest BCUT2D eigenvalue weighted by Crippen LogP contribution is -2.24. The number of sulfonamides is 1. The molecule has 1 aromatic heterocycles. The van der Waals surface area contributed by atoms with E-state index < -0.39 is 10.0 Å². The number of benzene rings is 1. The maximum Gasteiger partial charge on any atom is 0.211 e. The Kier molecular flexibility index (Phi) is 5.53. The zero-order valence-corrected chi connectivity index (χ0v) is 16.1. The van der Waals surface area contributed by atoms with E-state index in [1.807, 2.05) is 30.3 Å². The van der Waals surface area contributed by atoms with Crippen LogP contribution in [-0.2, 0) is 23.1 Å². The van der Waals surface area contributed by atoms with Crippen LogP contribution < -0.4 is 0 Å². The Balaban J connectivity index is 1.58. The molecule has 0 bridgehead atoms. The molecule has 0 aliphatic carbocycles. The van der Waals surface area contributed by atoms with Crippen LogP contribution in [0.5, 0.6) is 0 Å². The first-order valence-corrected chi connectivity index (χ1v) is 10.5. The van der Waals surface area contributed by atoms with Gasteiger partial charge in [0.2, 0.25) is 10.0 Å². The van der Waals surface area contributed by atoms with Gasteiger partial charge in [-0.1, -0.05) is 29.8 Å². The molecule has 0 spiro atoms. The van der Waals surface area contributed by atoms with Gasteiger partial charge in [0.25, 0.3) is 0 Å². The topological polar surface area (TPSA) is 53.8 Å². The Bertz CT molecular complexity index is 834. The maximum atomic E-state index is 11.5. The molecule has 1 aromatic carbocycles. The van der Waals surface area contributed by atoms with Crippen molar-refractivity contribution in [1.82, 2.24) is 9.21 Å². The van der Waals surface area contributed by atoms with Crippen molar-refractivity contribution in [3.05, 3.63) is 58.5 Å². The summed E-state index contributed by atoms with van der Waals surface area (Å²) in [6, 6.07) is 11.8. The molecule has 1 saturated heterocycles. The van der Waals surface area contributed by atoms with E-state index in [1.165, 1.54) is 16.1 Å². The summed E-state index contributed by atoms with van der Waals surface area (Å²) in [6.07, 6.45) is 2.27. The molecule has 7 heteroatoms. The fraction of sp³-hybridized carbons (Fsp3) is 0.444. The number of nitrogens with zero attached hydrogens (tertiary/aromatic N) is 2. The number of hydrogen-bond acceptors (Lipinski definition) is 4. The Labute approximate surface area is 154 Å². The molecule has 136 valence electrons. The van der Waals surface area contributed by atoms with Crippen LogP contribution in [0.1, 0.15) is 29.4 Å². The summed E-state index contributed by atoms with van der Waals surface area (Å²) in [5.41, 5.74) is 1.21. The predicted octanol–water partition coefficient (Wildman–Crippen LogP) is 3.31. The second-order valence-corrected chi connectivity index (χ2v) is 9.13. The lowest BCUT2D eigenvalue weighted by atomic mass is 9.98. The van der Waals surface area contributed by atoms with Crippen LogP contribution in [0.15, 0.2) is 40.8 Å². The lowest BCUT2D eigenvalue weighted by Gasteiger charge is -2.15. The third-order valence-corrected chi connectivity index (χ3v) is 6.26. The van der Waals surface area contributed by atoms with Gasteiger partial charge >= 0.3 is 0 Å². The fourth-order valence-corrected chi connectivity index (χ4v) is 3.84. The quantitative estimate of drug-likeness (QED) is 0.769. The minimum atomic E-state index is -3.21. The first-order chi connectivity index (χ1) is 11.8. The molecule has 0 amide bonds. The maximum absolute atomic E-state index is 11.5. The van der Waals surface area contributed by atoms with E-state index in [0.29, 0.717) is 11.7 Å². The van der Waals surface area contributed by atoms with E-state index in [4.69, 9.17) is 16.0 Å². The Morgan fingerprint density at radius 3 is 2.68 bits per heavy atom. The molecule has 1 unspecified atom stereocenters. The largest absolute Gasteiger partial charge is 0.463 e. The molecule has 0 N–H and O–H groups in total. The smallest absolute Gasteiger partial charge is 0.211 e. The van der Waals surface area contributed by atoms with Gasteiger partial charge < -0.3 is 4.42 Å². The van der Waals surface area contributed by atoms with Crippen molar-refractivity contribution < 1.29 is 12.8 Å². The van der Waals surface area contributed by atoms with Gasteiger partial charge in [-0.15, -0.1) is 0 Å². The van der Waals surface area contributed by atoms with E-state index in [-0.39, 0.29) is 6.54 Å². The normalized spacial score (nSPS) is 19.0. The molecule has 2 heterocycles. The molecule has 1 fully saturated rings. The summed E-state index contributed by atoms with van der Waals surface area (Å²) in [7, 11) is -1.66. The van der Waals surface area contributed by atoms with Crippen LogP contribution in [-0.4, -0.2) is 44.0 Å². The van der Waals surface area contributed by atoms with E-state index >= 15 is 0 Å². The van der Waals surface area contributed by atoms with Gasteiger partial charge in [0.05, 0.1) is 19.3 Å². The molecule has 5 nitrogen and oxygen atoms in total. The molecular formula is C18H23ClN2O3S. The first-order valence-electron chi connectivity index (χ1n) is 8.28. The molecule has 1 aliphatic rings. The Morgan fingerprint density at radius 1 is 1.24 bits per heavy atom. The number of hydrogen-bond donors (Lipinski definition) is 0. The van der Waals surface area contributed by atoms with Gasteiger partial charge in [0.15, 0.2) is 0 Å².